The highest BCUT2D eigenvalue weighted by molar-refractivity contribution is 8.01. The Labute approximate surface area is 227 Å². The van der Waals surface area contributed by atoms with Crippen molar-refractivity contribution in [3.63, 3.8) is 0 Å². The number of aryl methyl sites for hydroxylation is 1. The van der Waals surface area contributed by atoms with E-state index in [2.05, 4.69) is 20.9 Å². The maximum absolute atomic E-state index is 12.4. The van der Waals surface area contributed by atoms with E-state index in [0.717, 1.165) is 37.1 Å². The van der Waals surface area contributed by atoms with E-state index in [4.69, 9.17) is 0 Å². The van der Waals surface area contributed by atoms with Crippen molar-refractivity contribution in [3.05, 3.63) is 77.9 Å². The molecule has 1 aromatic heterocycles. The molecule has 0 bridgehead atoms. The Bertz CT molecular complexity index is 1420. The molecule has 3 aromatic carbocycles. The molecular formula is C27H26N4O3S3. The van der Waals surface area contributed by atoms with Crippen LogP contribution >= 0.6 is 34.9 Å². The van der Waals surface area contributed by atoms with Crippen LogP contribution in [-0.4, -0.2) is 40.0 Å². The highest BCUT2D eigenvalue weighted by Gasteiger charge is 2.12. The Hall–Kier alpha value is -3.34. The lowest BCUT2D eigenvalue weighted by atomic mass is 10.1. The molecule has 7 nitrogen and oxygen atoms in total. The molecule has 0 aliphatic heterocycles. The molecule has 4 aromatic rings. The van der Waals surface area contributed by atoms with Crippen LogP contribution in [0.4, 0.5) is 17.1 Å². The third kappa shape index (κ3) is 7.82. The second kappa shape index (κ2) is 12.8. The summed E-state index contributed by atoms with van der Waals surface area (Å²) < 4.78 is 1.71. The number of carbonyl (C=O) groups is 3. The van der Waals surface area contributed by atoms with Gasteiger partial charge in [0.05, 0.1) is 27.5 Å². The van der Waals surface area contributed by atoms with Crippen molar-refractivity contribution in [1.29, 1.82) is 0 Å². The van der Waals surface area contributed by atoms with Crippen LogP contribution in [0, 0.1) is 13.8 Å². The van der Waals surface area contributed by atoms with E-state index in [0.29, 0.717) is 5.69 Å². The summed E-state index contributed by atoms with van der Waals surface area (Å²) in [4.78, 5) is 41.4. The molecule has 0 fully saturated rings. The largest absolute Gasteiger partial charge is 0.325 e. The van der Waals surface area contributed by atoms with Gasteiger partial charge < -0.3 is 16.0 Å². The first kappa shape index (κ1) is 26.7. The van der Waals surface area contributed by atoms with Gasteiger partial charge in [0.15, 0.2) is 4.34 Å². The number of rotatable bonds is 10. The summed E-state index contributed by atoms with van der Waals surface area (Å²) in [5.41, 5.74) is 5.23. The number of carbonyl (C=O) groups excluding carboxylic acids is 3. The van der Waals surface area contributed by atoms with Gasteiger partial charge in [-0.25, -0.2) is 4.98 Å². The molecule has 0 spiro atoms. The minimum Gasteiger partial charge on any atom is -0.325 e. The van der Waals surface area contributed by atoms with Gasteiger partial charge in [-0.1, -0.05) is 42.1 Å². The fourth-order valence-electron chi connectivity index (χ4n) is 3.40. The fourth-order valence-corrected chi connectivity index (χ4v) is 5.92. The van der Waals surface area contributed by atoms with Crippen LogP contribution in [0.25, 0.3) is 10.2 Å². The van der Waals surface area contributed by atoms with Crippen molar-refractivity contribution >= 4 is 79.9 Å². The van der Waals surface area contributed by atoms with Gasteiger partial charge in [-0.05, 0) is 61.4 Å². The zero-order valence-electron chi connectivity index (χ0n) is 20.4. The molecule has 0 saturated heterocycles. The molecule has 0 atom stereocenters. The van der Waals surface area contributed by atoms with Crippen molar-refractivity contribution in [2.45, 2.75) is 18.2 Å². The predicted molar refractivity (Wildman–Crippen MR) is 156 cm³/mol. The molecule has 1 heterocycles. The van der Waals surface area contributed by atoms with Gasteiger partial charge in [0.2, 0.25) is 17.7 Å². The Morgan fingerprint density at radius 1 is 0.784 bits per heavy atom. The minimum absolute atomic E-state index is 0.0825. The summed E-state index contributed by atoms with van der Waals surface area (Å²) in [5, 5.41) is 8.63. The van der Waals surface area contributed by atoms with Gasteiger partial charge in [0.1, 0.15) is 0 Å². The first-order valence-corrected chi connectivity index (χ1v) is 14.4. The number of anilines is 3. The first-order valence-electron chi connectivity index (χ1n) is 11.5. The zero-order valence-corrected chi connectivity index (χ0v) is 22.8. The summed E-state index contributed by atoms with van der Waals surface area (Å²) in [6.07, 6.45) is 0. The van der Waals surface area contributed by atoms with Gasteiger partial charge in [-0.15, -0.1) is 23.1 Å². The fraction of sp³-hybridized carbons (Fsp3) is 0.185. The molecule has 37 heavy (non-hydrogen) atoms. The van der Waals surface area contributed by atoms with Crippen molar-refractivity contribution in [2.75, 3.05) is 33.2 Å². The van der Waals surface area contributed by atoms with Crippen LogP contribution in [0.2, 0.25) is 0 Å². The average molecular weight is 551 g/mol. The highest BCUT2D eigenvalue weighted by atomic mass is 32.2. The van der Waals surface area contributed by atoms with Gasteiger partial charge in [-0.2, -0.15) is 0 Å². The monoisotopic (exact) mass is 550 g/mol. The van der Waals surface area contributed by atoms with Crippen LogP contribution < -0.4 is 16.0 Å². The van der Waals surface area contributed by atoms with Crippen molar-refractivity contribution in [3.8, 4) is 0 Å². The molecule has 190 valence electrons. The molecule has 0 radical (unpaired) electrons. The number of hydrogen-bond donors (Lipinski definition) is 3. The van der Waals surface area contributed by atoms with E-state index in [1.807, 2.05) is 74.5 Å². The number of para-hydroxylation sites is 1. The van der Waals surface area contributed by atoms with Gasteiger partial charge >= 0.3 is 0 Å². The minimum atomic E-state index is -0.181. The number of thiazole rings is 1. The lowest BCUT2D eigenvalue weighted by Crippen LogP contribution is -2.18. The summed E-state index contributed by atoms with van der Waals surface area (Å²) in [7, 11) is 0. The van der Waals surface area contributed by atoms with E-state index < -0.39 is 0 Å². The zero-order chi connectivity index (χ0) is 26.2. The van der Waals surface area contributed by atoms with Crippen molar-refractivity contribution in [2.24, 2.45) is 0 Å². The standard InChI is InChI=1S/C27H26N4O3S3/c1-17-7-6-10-21(18(17)2)30-26(34)16-36-27-31-22-12-11-20(13-23(22)37-27)29-25(33)15-35-14-24(32)28-19-8-4-3-5-9-19/h3-13H,14-16H2,1-2H3,(H,28,32)(H,29,33)(H,30,34). The quantitative estimate of drug-likeness (QED) is 0.211. The number of fused-ring (bicyclic) bond motifs is 1. The van der Waals surface area contributed by atoms with Crippen molar-refractivity contribution < 1.29 is 14.4 Å². The maximum atomic E-state index is 12.4. The van der Waals surface area contributed by atoms with Crippen LogP contribution in [0.3, 0.4) is 0 Å². The summed E-state index contributed by atoms with van der Waals surface area (Å²) >= 11 is 4.11. The number of hydrogen-bond acceptors (Lipinski definition) is 7. The van der Waals surface area contributed by atoms with Crippen LogP contribution in [0.5, 0.6) is 0 Å². The van der Waals surface area contributed by atoms with Crippen LogP contribution in [0.15, 0.2) is 71.1 Å². The van der Waals surface area contributed by atoms with E-state index >= 15 is 0 Å². The molecule has 0 aliphatic carbocycles. The van der Waals surface area contributed by atoms with Gasteiger partial charge in [-0.3, -0.25) is 14.4 Å². The summed E-state index contributed by atoms with van der Waals surface area (Å²) in [6.45, 7) is 4.01. The molecule has 0 unspecified atom stereocenters. The third-order valence-electron chi connectivity index (χ3n) is 5.38. The van der Waals surface area contributed by atoms with Crippen LogP contribution in [-0.2, 0) is 14.4 Å². The first-order chi connectivity index (χ1) is 17.9. The smallest absolute Gasteiger partial charge is 0.234 e. The van der Waals surface area contributed by atoms with Gasteiger partial charge in [0, 0.05) is 17.1 Å². The summed E-state index contributed by atoms with van der Waals surface area (Å²) in [6, 6.07) is 20.6. The maximum Gasteiger partial charge on any atom is 0.234 e. The number of nitrogens with one attached hydrogen (secondary N) is 3. The lowest BCUT2D eigenvalue weighted by Gasteiger charge is -2.09. The molecule has 10 heteroatoms. The highest BCUT2D eigenvalue weighted by Crippen LogP contribution is 2.31. The van der Waals surface area contributed by atoms with E-state index in [-0.39, 0.29) is 35.0 Å². The molecular weight excluding hydrogens is 525 g/mol. The molecule has 3 amide bonds. The molecule has 4 rings (SSSR count). The van der Waals surface area contributed by atoms with E-state index in [9.17, 15) is 14.4 Å². The lowest BCUT2D eigenvalue weighted by molar-refractivity contribution is -0.114. The number of amides is 3. The number of nitrogens with zero attached hydrogens (tertiary/aromatic N) is 1. The number of thioether (sulfide) groups is 2. The van der Waals surface area contributed by atoms with Crippen molar-refractivity contribution in [1.82, 2.24) is 4.98 Å². The second-order valence-electron chi connectivity index (χ2n) is 8.20. The third-order valence-corrected chi connectivity index (χ3v) is 8.48. The summed E-state index contributed by atoms with van der Waals surface area (Å²) in [5.74, 6) is 0.196. The van der Waals surface area contributed by atoms with Crippen LogP contribution in [0.1, 0.15) is 11.1 Å². The van der Waals surface area contributed by atoms with E-state index in [1.165, 1.54) is 34.9 Å². The second-order valence-corrected chi connectivity index (χ2v) is 11.4. The molecule has 0 saturated carbocycles. The number of benzene rings is 3. The Morgan fingerprint density at radius 2 is 1.49 bits per heavy atom. The average Bonchev–Trinajstić information content (AvgIpc) is 3.28. The Balaban J connectivity index is 1.24. The number of aromatic nitrogens is 1. The normalized spacial score (nSPS) is 10.8. The predicted octanol–water partition coefficient (Wildman–Crippen LogP) is 5.95. The Kier molecular flexibility index (Phi) is 9.21. The Morgan fingerprint density at radius 3 is 2.24 bits per heavy atom. The molecule has 3 N–H and O–H groups in total. The SMILES string of the molecule is Cc1cccc(NC(=O)CSc2nc3ccc(NC(=O)CSCC(=O)Nc4ccccc4)cc3s2)c1C. The molecule has 0 aliphatic rings. The van der Waals surface area contributed by atoms with Gasteiger partial charge in [0.25, 0.3) is 0 Å². The van der Waals surface area contributed by atoms with E-state index in [1.54, 1.807) is 6.07 Å². The topological polar surface area (TPSA) is 100 Å².